The quantitative estimate of drug-likeness (QED) is 0.192. The minimum Gasteiger partial charge on any atom is -1.00 e. The Kier molecular flexibility index (Phi) is 35.3. The van der Waals surface area contributed by atoms with E-state index in [1.165, 1.54) is 74.3 Å². The monoisotopic (exact) mass is 547 g/mol. The minimum atomic E-state index is 0. The first kappa shape index (κ1) is 34.8. The van der Waals surface area contributed by atoms with Gasteiger partial charge in [-0.05, 0) is 36.5 Å². The van der Waals surface area contributed by atoms with Crippen LogP contribution in [0.2, 0.25) is 0 Å². The van der Waals surface area contributed by atoms with Crippen LogP contribution in [-0.4, -0.2) is 16.5 Å². The molecule has 0 unspecified atom stereocenters. The molecular weight excluding hydrogens is 516 g/mol. The summed E-state index contributed by atoms with van der Waals surface area (Å²) in [6, 6.07) is 6.52. The number of hydrogen-bond donors (Lipinski definition) is 0. The number of nitrogens with zero attached hydrogens (tertiary/aromatic N) is 1. The van der Waals surface area contributed by atoms with Crippen LogP contribution in [0.4, 0.5) is 0 Å². The van der Waals surface area contributed by atoms with Gasteiger partial charge in [-0.2, -0.15) is 23.5 Å². The topological polar surface area (TPSA) is 12.9 Å². The van der Waals surface area contributed by atoms with Gasteiger partial charge in [0.2, 0.25) is 0 Å². The molecule has 0 atom stereocenters. The summed E-state index contributed by atoms with van der Waals surface area (Å²) < 4.78 is 0. The zero-order valence-electron chi connectivity index (χ0n) is 15.9. The van der Waals surface area contributed by atoms with Crippen molar-refractivity contribution in [2.45, 2.75) is 76.7 Å². The molecule has 0 radical (unpaired) electrons. The molecule has 1 heterocycles. The molecule has 0 saturated heterocycles. The van der Waals surface area contributed by atoms with E-state index in [0.29, 0.717) is 0 Å². The van der Waals surface area contributed by atoms with E-state index in [1.807, 2.05) is 23.5 Å². The fourth-order valence-electron chi connectivity index (χ4n) is 2.31. The van der Waals surface area contributed by atoms with Crippen molar-refractivity contribution in [1.29, 1.82) is 0 Å². The third kappa shape index (κ3) is 20.1. The van der Waals surface area contributed by atoms with Crippen molar-refractivity contribution in [3.05, 3.63) is 29.6 Å². The van der Waals surface area contributed by atoms with Gasteiger partial charge in [-0.15, -0.1) is 0 Å². The van der Waals surface area contributed by atoms with E-state index in [-0.39, 0.29) is 56.7 Å². The summed E-state index contributed by atoms with van der Waals surface area (Å²) in [6.07, 6.45) is 10.9. The fraction of sp³-hybridized carbons (Fsp3) is 0.737. The maximum absolute atomic E-state index is 4.80. The second kappa shape index (κ2) is 26.3. The number of pyridine rings is 1. The average molecular weight is 549 g/mol. The normalized spacial score (nSPS) is 9.31. The second-order valence-corrected chi connectivity index (χ2v) is 8.06. The molecule has 0 saturated carbocycles. The molecule has 0 N–H and O–H groups in total. The molecule has 1 aromatic rings. The molecule has 1 rings (SSSR count). The van der Waals surface area contributed by atoms with Crippen LogP contribution in [0, 0.1) is 0 Å². The summed E-state index contributed by atoms with van der Waals surface area (Å²) >= 11 is 4.07. The van der Waals surface area contributed by atoms with E-state index < -0.39 is 0 Å². The van der Waals surface area contributed by atoms with Crippen molar-refractivity contribution in [3.8, 4) is 0 Å². The van der Waals surface area contributed by atoms with Crippen LogP contribution in [0.3, 0.4) is 0 Å². The van der Waals surface area contributed by atoms with Gasteiger partial charge in [0.05, 0.1) is 11.4 Å². The Balaban J connectivity index is -0.000000605. The van der Waals surface area contributed by atoms with Crippen molar-refractivity contribution in [2.24, 2.45) is 0 Å². The number of unbranched alkanes of at least 4 members (excludes halogenated alkanes) is 6. The summed E-state index contributed by atoms with van der Waals surface area (Å²) in [5.74, 6) is 4.69. The molecule has 26 heavy (non-hydrogen) atoms. The molecule has 0 spiro atoms. The zero-order chi connectivity index (χ0) is 15.9. The van der Waals surface area contributed by atoms with Crippen molar-refractivity contribution in [2.75, 3.05) is 11.5 Å². The Bertz CT molecular complexity index is 356. The van der Waals surface area contributed by atoms with Gasteiger partial charge in [-0.1, -0.05) is 58.4 Å². The van der Waals surface area contributed by atoms with Crippen LogP contribution < -0.4 is 37.2 Å². The fourth-order valence-corrected chi connectivity index (χ4v) is 4.15. The Morgan fingerprint density at radius 1 is 0.692 bits per heavy atom. The molecule has 0 fully saturated rings. The van der Waals surface area contributed by atoms with Crippen LogP contribution in [-0.2, 0) is 31.0 Å². The molecule has 0 amide bonds. The zero-order valence-corrected chi connectivity index (χ0v) is 21.5. The van der Waals surface area contributed by atoms with E-state index in [0.717, 1.165) is 11.5 Å². The summed E-state index contributed by atoms with van der Waals surface area (Å²) in [5.41, 5.74) is 2.51. The molecule has 156 valence electrons. The summed E-state index contributed by atoms with van der Waals surface area (Å²) in [7, 11) is 0. The number of halogens is 3. The Morgan fingerprint density at radius 3 is 1.50 bits per heavy atom. The molecule has 0 aliphatic heterocycles. The van der Waals surface area contributed by atoms with Gasteiger partial charge >= 0.3 is 19.5 Å². The number of rotatable bonds is 14. The van der Waals surface area contributed by atoms with Gasteiger partial charge in [-0.25, -0.2) is 0 Å². The van der Waals surface area contributed by atoms with Gasteiger partial charge in [0, 0.05) is 11.5 Å². The first-order chi connectivity index (χ1) is 10.9. The van der Waals surface area contributed by atoms with Gasteiger partial charge < -0.3 is 37.2 Å². The number of hydrogen-bond acceptors (Lipinski definition) is 3. The third-order valence-corrected chi connectivity index (χ3v) is 5.80. The van der Waals surface area contributed by atoms with Crippen LogP contribution in [0.15, 0.2) is 18.2 Å². The first-order valence-corrected chi connectivity index (χ1v) is 11.3. The van der Waals surface area contributed by atoms with E-state index >= 15 is 0 Å². The largest absolute Gasteiger partial charge is 3.00 e. The molecule has 1 nitrogen and oxygen atoms in total. The van der Waals surface area contributed by atoms with Crippen molar-refractivity contribution in [3.63, 3.8) is 0 Å². The first-order valence-electron chi connectivity index (χ1n) is 8.97. The Labute approximate surface area is 201 Å². The van der Waals surface area contributed by atoms with Crippen LogP contribution in [0.5, 0.6) is 0 Å². The molecule has 7 heteroatoms. The summed E-state index contributed by atoms with van der Waals surface area (Å²) in [6.45, 7) is 4.54. The third-order valence-electron chi connectivity index (χ3n) is 3.65. The van der Waals surface area contributed by atoms with Crippen molar-refractivity contribution in [1.82, 2.24) is 4.98 Å². The Morgan fingerprint density at radius 2 is 1.12 bits per heavy atom. The molecule has 0 aliphatic carbocycles. The van der Waals surface area contributed by atoms with E-state index in [9.17, 15) is 0 Å². The molecule has 0 bridgehead atoms. The second-order valence-electron chi connectivity index (χ2n) is 5.85. The van der Waals surface area contributed by atoms with E-state index in [2.05, 4.69) is 32.0 Å². The van der Waals surface area contributed by atoms with Gasteiger partial charge in [-0.3, -0.25) is 4.98 Å². The summed E-state index contributed by atoms with van der Waals surface area (Å²) in [4.78, 5) is 4.80. The van der Waals surface area contributed by atoms with Crippen LogP contribution in [0.25, 0.3) is 0 Å². The summed E-state index contributed by atoms with van der Waals surface area (Å²) in [5, 5.41) is 0. The van der Waals surface area contributed by atoms with Gasteiger partial charge in [0.1, 0.15) is 0 Å². The van der Waals surface area contributed by atoms with Crippen LogP contribution >= 0.6 is 23.5 Å². The maximum atomic E-state index is 4.80. The molecular formula is C19H33Cl3NRhS2. The molecule has 1 aromatic heterocycles. The van der Waals surface area contributed by atoms with E-state index in [4.69, 9.17) is 4.98 Å². The predicted molar refractivity (Wildman–Crippen MR) is 105 cm³/mol. The maximum Gasteiger partial charge on any atom is 3.00 e. The van der Waals surface area contributed by atoms with Crippen molar-refractivity contribution < 1.29 is 56.7 Å². The molecule has 0 aromatic carbocycles. The van der Waals surface area contributed by atoms with Gasteiger partial charge in [0.15, 0.2) is 0 Å². The average Bonchev–Trinajstić information content (AvgIpc) is 2.54. The number of aromatic nitrogens is 1. The van der Waals surface area contributed by atoms with Crippen LogP contribution in [0.1, 0.15) is 76.6 Å². The number of thioether (sulfide) groups is 2. The smallest absolute Gasteiger partial charge is 1.00 e. The van der Waals surface area contributed by atoms with Crippen molar-refractivity contribution >= 4 is 23.5 Å². The molecule has 0 aliphatic rings. The Hall–Kier alpha value is 1.34. The standard InChI is InChI=1S/C19H33NS2.3ClH.Rh/c1-3-5-7-9-14-21-16-18-12-11-13-19(20-18)17-22-15-10-8-6-4-2;;;;/h11-13H,3-10,14-17H2,1-2H3;3*1H;/q;;;;+3/p-3. The van der Waals surface area contributed by atoms with E-state index in [1.54, 1.807) is 0 Å². The minimum absolute atomic E-state index is 0. The predicted octanol–water partition coefficient (Wildman–Crippen LogP) is -2.28. The van der Waals surface area contributed by atoms with Gasteiger partial charge in [0.25, 0.3) is 0 Å². The SMILES string of the molecule is CCCCCCSCc1cccc(CSCCCCCC)n1.[Cl-].[Cl-].[Cl-].[Rh+3].